The highest BCUT2D eigenvalue weighted by atomic mass is 32.2. The Labute approximate surface area is 128 Å². The Balaban J connectivity index is 1.92. The van der Waals surface area contributed by atoms with Gasteiger partial charge in [-0.05, 0) is 30.4 Å². The zero-order valence-corrected chi connectivity index (χ0v) is 13.1. The minimum absolute atomic E-state index is 0.00710. The van der Waals surface area contributed by atoms with E-state index in [0.717, 1.165) is 18.0 Å². The number of aromatic nitrogens is 1. The lowest BCUT2D eigenvalue weighted by molar-refractivity contribution is -0.130. The summed E-state index contributed by atoms with van der Waals surface area (Å²) >= 11 is 1.36. The molecule has 1 fully saturated rings. The van der Waals surface area contributed by atoms with E-state index in [4.69, 9.17) is 5.11 Å². The number of hydrogen-bond acceptors (Lipinski definition) is 4. The van der Waals surface area contributed by atoms with Gasteiger partial charge in [-0.2, -0.15) is 0 Å². The first kappa shape index (κ1) is 15.8. The number of hydrogen-bond donors (Lipinski definition) is 1. The molecule has 1 amide bonds. The highest BCUT2D eigenvalue weighted by Gasteiger charge is 2.25. The normalized spacial score (nSPS) is 22.1. The SMILES string of the molecule is CC1CC(C)CN(C(=O)CSc2ccnc(C(=O)O)c2)C1. The predicted molar refractivity (Wildman–Crippen MR) is 81.4 cm³/mol. The van der Waals surface area contributed by atoms with E-state index in [-0.39, 0.29) is 11.6 Å². The van der Waals surface area contributed by atoms with Crippen LogP contribution >= 0.6 is 11.8 Å². The maximum atomic E-state index is 12.3. The molecule has 0 radical (unpaired) electrons. The minimum atomic E-state index is -1.05. The molecule has 2 unspecified atom stereocenters. The Morgan fingerprint density at radius 2 is 2.05 bits per heavy atom. The van der Waals surface area contributed by atoms with Gasteiger partial charge in [0, 0.05) is 24.2 Å². The van der Waals surface area contributed by atoms with Gasteiger partial charge in [0.15, 0.2) is 0 Å². The maximum absolute atomic E-state index is 12.3. The Bertz CT molecular complexity index is 525. The molecular weight excluding hydrogens is 288 g/mol. The summed E-state index contributed by atoms with van der Waals surface area (Å²) in [5.74, 6) is 0.488. The van der Waals surface area contributed by atoms with Crippen LogP contribution in [0, 0.1) is 11.8 Å². The molecule has 0 spiro atoms. The van der Waals surface area contributed by atoms with Crippen LogP contribution in [-0.4, -0.2) is 45.7 Å². The molecular formula is C15H20N2O3S. The lowest BCUT2D eigenvalue weighted by Crippen LogP contribution is -2.43. The van der Waals surface area contributed by atoms with Crippen molar-refractivity contribution in [2.75, 3.05) is 18.8 Å². The van der Waals surface area contributed by atoms with Crippen molar-refractivity contribution in [1.82, 2.24) is 9.88 Å². The summed E-state index contributed by atoms with van der Waals surface area (Å²) in [6.07, 6.45) is 2.63. The van der Waals surface area contributed by atoms with E-state index in [9.17, 15) is 9.59 Å². The number of aromatic carboxylic acids is 1. The van der Waals surface area contributed by atoms with Crippen molar-refractivity contribution in [2.45, 2.75) is 25.2 Å². The number of likely N-dealkylation sites (tertiary alicyclic amines) is 1. The molecule has 2 atom stereocenters. The van der Waals surface area contributed by atoms with Gasteiger partial charge >= 0.3 is 5.97 Å². The number of carbonyl (C=O) groups excluding carboxylic acids is 1. The van der Waals surface area contributed by atoms with Crippen LogP contribution in [0.3, 0.4) is 0 Å². The first-order valence-electron chi connectivity index (χ1n) is 7.05. The second kappa shape index (κ2) is 6.93. The van der Waals surface area contributed by atoms with Crippen LogP contribution in [0.5, 0.6) is 0 Å². The van der Waals surface area contributed by atoms with Gasteiger partial charge in [0.2, 0.25) is 5.91 Å². The third-order valence-electron chi connectivity index (χ3n) is 3.53. The van der Waals surface area contributed by atoms with Gasteiger partial charge in [-0.15, -0.1) is 11.8 Å². The van der Waals surface area contributed by atoms with Crippen molar-refractivity contribution in [3.8, 4) is 0 Å². The molecule has 0 aliphatic carbocycles. The van der Waals surface area contributed by atoms with Gasteiger partial charge in [0.1, 0.15) is 5.69 Å². The quantitative estimate of drug-likeness (QED) is 0.865. The topological polar surface area (TPSA) is 70.5 Å². The first-order chi connectivity index (χ1) is 9.95. The molecule has 21 heavy (non-hydrogen) atoms. The van der Waals surface area contributed by atoms with E-state index in [1.165, 1.54) is 30.4 Å². The molecule has 1 aliphatic rings. The Morgan fingerprint density at radius 1 is 1.38 bits per heavy atom. The van der Waals surface area contributed by atoms with Crippen molar-refractivity contribution >= 4 is 23.6 Å². The van der Waals surface area contributed by atoms with Gasteiger partial charge in [-0.1, -0.05) is 13.8 Å². The lowest BCUT2D eigenvalue weighted by Gasteiger charge is -2.35. The van der Waals surface area contributed by atoms with Crippen molar-refractivity contribution in [3.05, 3.63) is 24.0 Å². The number of rotatable bonds is 4. The number of carboxylic acids is 1. The van der Waals surface area contributed by atoms with Crippen LogP contribution in [-0.2, 0) is 4.79 Å². The highest BCUT2D eigenvalue weighted by molar-refractivity contribution is 8.00. The minimum Gasteiger partial charge on any atom is -0.477 e. The average molecular weight is 308 g/mol. The summed E-state index contributed by atoms with van der Waals surface area (Å²) in [4.78, 5) is 29.6. The van der Waals surface area contributed by atoms with Crippen molar-refractivity contribution < 1.29 is 14.7 Å². The fourth-order valence-electron chi connectivity index (χ4n) is 2.72. The van der Waals surface area contributed by atoms with E-state index in [1.807, 2.05) is 4.90 Å². The van der Waals surface area contributed by atoms with Crippen molar-refractivity contribution in [3.63, 3.8) is 0 Å². The van der Waals surface area contributed by atoms with Crippen LogP contribution in [0.2, 0.25) is 0 Å². The van der Waals surface area contributed by atoms with Gasteiger partial charge in [0.25, 0.3) is 0 Å². The Morgan fingerprint density at radius 3 is 2.67 bits per heavy atom. The van der Waals surface area contributed by atoms with Crippen LogP contribution in [0.4, 0.5) is 0 Å². The fraction of sp³-hybridized carbons (Fsp3) is 0.533. The van der Waals surface area contributed by atoms with Crippen molar-refractivity contribution in [2.24, 2.45) is 11.8 Å². The van der Waals surface area contributed by atoms with Gasteiger partial charge in [0.05, 0.1) is 5.75 Å². The number of pyridine rings is 1. The van der Waals surface area contributed by atoms with Crippen LogP contribution in [0.15, 0.2) is 23.2 Å². The number of piperidine rings is 1. The van der Waals surface area contributed by atoms with Gasteiger partial charge in [-0.3, -0.25) is 4.79 Å². The van der Waals surface area contributed by atoms with Gasteiger partial charge < -0.3 is 10.0 Å². The maximum Gasteiger partial charge on any atom is 0.354 e. The monoisotopic (exact) mass is 308 g/mol. The molecule has 1 aliphatic heterocycles. The second-order valence-electron chi connectivity index (χ2n) is 5.72. The molecule has 1 saturated heterocycles. The summed E-state index contributed by atoms with van der Waals surface area (Å²) in [6.45, 7) is 5.98. The van der Waals surface area contributed by atoms with Gasteiger partial charge in [-0.25, -0.2) is 9.78 Å². The molecule has 114 valence electrons. The molecule has 0 bridgehead atoms. The molecule has 2 heterocycles. The number of carboxylic acid groups (broad SMARTS) is 1. The molecule has 1 aromatic heterocycles. The Hall–Kier alpha value is -1.56. The summed E-state index contributed by atoms with van der Waals surface area (Å²) < 4.78 is 0. The van der Waals surface area contributed by atoms with E-state index >= 15 is 0 Å². The summed E-state index contributed by atoms with van der Waals surface area (Å²) in [6, 6.07) is 3.23. The zero-order chi connectivity index (χ0) is 15.4. The number of thioether (sulfide) groups is 1. The number of carbonyl (C=O) groups is 2. The first-order valence-corrected chi connectivity index (χ1v) is 8.04. The fourth-order valence-corrected chi connectivity index (χ4v) is 3.55. The van der Waals surface area contributed by atoms with Crippen LogP contribution in [0.1, 0.15) is 30.8 Å². The third kappa shape index (κ3) is 4.46. The smallest absolute Gasteiger partial charge is 0.354 e. The van der Waals surface area contributed by atoms with Crippen molar-refractivity contribution in [1.29, 1.82) is 0 Å². The summed E-state index contributed by atoms with van der Waals surface area (Å²) in [5.41, 5.74) is 0.00710. The molecule has 6 heteroatoms. The highest BCUT2D eigenvalue weighted by Crippen LogP contribution is 2.23. The molecule has 1 N–H and O–H groups in total. The van der Waals surface area contributed by atoms with E-state index < -0.39 is 5.97 Å². The van der Waals surface area contributed by atoms with E-state index in [1.54, 1.807) is 6.07 Å². The third-order valence-corrected chi connectivity index (χ3v) is 4.51. The zero-order valence-electron chi connectivity index (χ0n) is 12.3. The summed E-state index contributed by atoms with van der Waals surface area (Å²) in [5, 5.41) is 8.90. The van der Waals surface area contributed by atoms with E-state index in [2.05, 4.69) is 18.8 Å². The second-order valence-corrected chi connectivity index (χ2v) is 6.76. The van der Waals surface area contributed by atoms with E-state index in [0.29, 0.717) is 17.6 Å². The number of nitrogens with zero attached hydrogens (tertiary/aromatic N) is 2. The molecule has 1 aromatic rings. The Kier molecular flexibility index (Phi) is 5.22. The van der Waals surface area contributed by atoms with Crippen LogP contribution < -0.4 is 0 Å². The lowest BCUT2D eigenvalue weighted by atomic mass is 9.92. The molecule has 2 rings (SSSR count). The number of amides is 1. The predicted octanol–water partition coefficient (Wildman–Crippen LogP) is 2.38. The average Bonchev–Trinajstić information content (AvgIpc) is 2.44. The molecule has 0 aromatic carbocycles. The molecule has 0 saturated carbocycles. The van der Waals surface area contributed by atoms with Crippen LogP contribution in [0.25, 0.3) is 0 Å². The summed E-state index contributed by atoms with van der Waals surface area (Å²) in [7, 11) is 0. The molecule has 5 nitrogen and oxygen atoms in total. The standard InChI is InChI=1S/C15H20N2O3S/c1-10-5-11(2)8-17(7-10)14(18)9-21-12-3-4-16-13(6-12)15(19)20/h3-4,6,10-11H,5,7-9H2,1-2H3,(H,19,20). The largest absolute Gasteiger partial charge is 0.477 e.